The number of nitrogens with one attached hydrogen (secondary N) is 1. The second kappa shape index (κ2) is 7.66. The standard InChI is InChI=1S/C17H28N4O4S/c1-20(2)26(24,25)11-12-9-21(10-16(12)22)17(23)8-7-15-13-5-3-4-6-14(13)18-19-15/h12,16,22H,3-11H2,1-2H3,(H,18,19)/t12-,16+/m0/s1. The van der Waals surface area contributed by atoms with E-state index in [2.05, 4.69) is 10.2 Å². The lowest BCUT2D eigenvalue weighted by Crippen LogP contribution is -2.33. The van der Waals surface area contributed by atoms with Crippen molar-refractivity contribution in [1.82, 2.24) is 19.4 Å². The molecule has 1 saturated heterocycles. The number of fused-ring (bicyclic) bond motifs is 1. The van der Waals surface area contributed by atoms with Crippen molar-refractivity contribution in [3.05, 3.63) is 17.0 Å². The molecule has 2 heterocycles. The molecular weight excluding hydrogens is 356 g/mol. The van der Waals surface area contributed by atoms with Gasteiger partial charge in [0.1, 0.15) is 0 Å². The summed E-state index contributed by atoms with van der Waals surface area (Å²) < 4.78 is 25.2. The van der Waals surface area contributed by atoms with Crippen LogP contribution in [-0.2, 0) is 34.1 Å². The summed E-state index contributed by atoms with van der Waals surface area (Å²) in [7, 11) is -0.448. The van der Waals surface area contributed by atoms with Gasteiger partial charge in [-0.15, -0.1) is 0 Å². The first-order valence-corrected chi connectivity index (χ1v) is 10.8. The highest BCUT2D eigenvalue weighted by Gasteiger charge is 2.37. The van der Waals surface area contributed by atoms with Gasteiger partial charge in [-0.3, -0.25) is 9.89 Å². The molecule has 0 radical (unpaired) electrons. The smallest absolute Gasteiger partial charge is 0.223 e. The Balaban J connectivity index is 1.55. The summed E-state index contributed by atoms with van der Waals surface area (Å²) in [6.07, 6.45) is 4.49. The average Bonchev–Trinajstić information content (AvgIpc) is 3.16. The number of aromatic nitrogens is 2. The summed E-state index contributed by atoms with van der Waals surface area (Å²) in [5.74, 6) is -0.636. The molecule has 0 spiro atoms. The number of β-amino-alcohol motifs (C(OH)–C–C–N with tert-alkyl or cyclic N) is 1. The number of aliphatic hydroxyl groups is 1. The molecule has 3 rings (SSSR count). The van der Waals surface area contributed by atoms with E-state index in [9.17, 15) is 18.3 Å². The minimum absolute atomic E-state index is 0.0543. The van der Waals surface area contributed by atoms with Crippen LogP contribution < -0.4 is 0 Å². The number of H-pyrrole nitrogens is 1. The molecule has 1 amide bonds. The Labute approximate surface area is 154 Å². The van der Waals surface area contributed by atoms with Crippen molar-refractivity contribution in [2.45, 2.75) is 44.6 Å². The van der Waals surface area contributed by atoms with Crippen molar-refractivity contribution in [1.29, 1.82) is 0 Å². The van der Waals surface area contributed by atoms with E-state index in [-0.39, 0.29) is 24.7 Å². The molecule has 2 atom stereocenters. The first-order chi connectivity index (χ1) is 12.3. The lowest BCUT2D eigenvalue weighted by atomic mass is 9.94. The topological polar surface area (TPSA) is 107 Å². The minimum Gasteiger partial charge on any atom is -0.391 e. The predicted octanol–water partition coefficient (Wildman–Crippen LogP) is -0.0682. The molecule has 1 fully saturated rings. The van der Waals surface area contributed by atoms with Crippen molar-refractivity contribution < 1.29 is 18.3 Å². The van der Waals surface area contributed by atoms with Crippen LogP contribution >= 0.6 is 0 Å². The number of aryl methyl sites for hydroxylation is 2. The maximum atomic E-state index is 12.5. The molecule has 0 unspecified atom stereocenters. The highest BCUT2D eigenvalue weighted by atomic mass is 32.2. The van der Waals surface area contributed by atoms with E-state index in [0.29, 0.717) is 12.8 Å². The molecule has 0 saturated carbocycles. The lowest BCUT2D eigenvalue weighted by molar-refractivity contribution is -0.130. The molecule has 0 bridgehead atoms. The number of hydrogen-bond acceptors (Lipinski definition) is 5. The monoisotopic (exact) mass is 384 g/mol. The van der Waals surface area contributed by atoms with Crippen LogP contribution in [0.2, 0.25) is 0 Å². The van der Waals surface area contributed by atoms with Crippen molar-refractivity contribution in [3.8, 4) is 0 Å². The van der Waals surface area contributed by atoms with Gasteiger partial charge < -0.3 is 10.0 Å². The maximum absolute atomic E-state index is 12.5. The maximum Gasteiger partial charge on any atom is 0.223 e. The Bertz CT molecular complexity index is 759. The molecule has 2 N–H and O–H groups in total. The van der Waals surface area contributed by atoms with E-state index in [0.717, 1.165) is 29.3 Å². The van der Waals surface area contributed by atoms with Crippen LogP contribution in [0.15, 0.2) is 0 Å². The van der Waals surface area contributed by atoms with Crippen LogP contribution in [0.1, 0.15) is 36.2 Å². The van der Waals surface area contributed by atoms with Crippen LogP contribution in [0.5, 0.6) is 0 Å². The van der Waals surface area contributed by atoms with E-state index in [1.165, 1.54) is 31.8 Å². The number of sulfonamides is 1. The second-order valence-corrected chi connectivity index (χ2v) is 9.75. The Morgan fingerprint density at radius 1 is 1.31 bits per heavy atom. The van der Waals surface area contributed by atoms with Gasteiger partial charge >= 0.3 is 0 Å². The minimum atomic E-state index is -3.40. The van der Waals surface area contributed by atoms with Gasteiger partial charge in [0, 0.05) is 51.6 Å². The van der Waals surface area contributed by atoms with E-state index < -0.39 is 22.0 Å². The van der Waals surface area contributed by atoms with Gasteiger partial charge in [-0.2, -0.15) is 5.10 Å². The Morgan fingerprint density at radius 2 is 2.04 bits per heavy atom. The Morgan fingerprint density at radius 3 is 2.77 bits per heavy atom. The molecule has 2 aliphatic rings. The van der Waals surface area contributed by atoms with E-state index >= 15 is 0 Å². The summed E-state index contributed by atoms with van der Waals surface area (Å²) in [5, 5.41) is 17.6. The van der Waals surface area contributed by atoms with E-state index in [4.69, 9.17) is 0 Å². The Hall–Kier alpha value is -1.45. The number of aliphatic hydroxyl groups excluding tert-OH is 1. The second-order valence-electron chi connectivity index (χ2n) is 7.52. The fourth-order valence-electron chi connectivity index (χ4n) is 3.78. The molecule has 1 aliphatic heterocycles. The van der Waals surface area contributed by atoms with Gasteiger partial charge in [0.15, 0.2) is 0 Å². The SMILES string of the molecule is CN(C)S(=O)(=O)C[C@@H]1CN(C(=O)CCc2n[nH]c3c2CCCC3)C[C@H]1O. The van der Waals surface area contributed by atoms with Gasteiger partial charge in [-0.1, -0.05) is 0 Å². The fraction of sp³-hybridized carbons (Fsp3) is 0.765. The molecule has 1 aromatic rings. The van der Waals surface area contributed by atoms with Gasteiger partial charge in [-0.25, -0.2) is 12.7 Å². The summed E-state index contributed by atoms with van der Waals surface area (Å²) in [5.41, 5.74) is 3.43. The highest BCUT2D eigenvalue weighted by molar-refractivity contribution is 7.89. The number of likely N-dealkylation sites (tertiary alicyclic amines) is 1. The first-order valence-electron chi connectivity index (χ1n) is 9.19. The van der Waals surface area contributed by atoms with Crippen LogP contribution in [0, 0.1) is 5.92 Å². The van der Waals surface area contributed by atoms with Crippen LogP contribution in [0.25, 0.3) is 0 Å². The average molecular weight is 385 g/mol. The number of nitrogens with zero attached hydrogens (tertiary/aromatic N) is 3. The third-order valence-corrected chi connectivity index (χ3v) is 7.42. The number of amides is 1. The molecule has 1 aliphatic carbocycles. The fourth-order valence-corrected chi connectivity index (χ4v) is 4.95. The van der Waals surface area contributed by atoms with E-state index in [1.807, 2.05) is 0 Å². The van der Waals surface area contributed by atoms with Gasteiger partial charge in [0.2, 0.25) is 15.9 Å². The van der Waals surface area contributed by atoms with Crippen molar-refractivity contribution in [2.75, 3.05) is 32.9 Å². The van der Waals surface area contributed by atoms with Crippen molar-refractivity contribution in [3.63, 3.8) is 0 Å². The van der Waals surface area contributed by atoms with Gasteiger partial charge in [0.05, 0.1) is 17.6 Å². The number of hydrogen-bond donors (Lipinski definition) is 2. The number of rotatable bonds is 6. The Kier molecular flexibility index (Phi) is 5.69. The van der Waals surface area contributed by atoms with Gasteiger partial charge in [-0.05, 0) is 31.2 Å². The first kappa shape index (κ1) is 19.3. The molecule has 9 heteroatoms. The highest BCUT2D eigenvalue weighted by Crippen LogP contribution is 2.24. The van der Waals surface area contributed by atoms with E-state index in [1.54, 1.807) is 4.90 Å². The molecule has 26 heavy (non-hydrogen) atoms. The largest absolute Gasteiger partial charge is 0.391 e. The predicted molar refractivity (Wildman–Crippen MR) is 97.1 cm³/mol. The number of carbonyl (C=O) groups excluding carboxylic acids is 1. The van der Waals surface area contributed by atoms with Crippen molar-refractivity contribution >= 4 is 15.9 Å². The molecule has 146 valence electrons. The molecule has 8 nitrogen and oxygen atoms in total. The zero-order valence-corrected chi connectivity index (χ0v) is 16.3. The zero-order chi connectivity index (χ0) is 18.9. The van der Waals surface area contributed by atoms with Crippen LogP contribution in [0.3, 0.4) is 0 Å². The van der Waals surface area contributed by atoms with Crippen LogP contribution in [0.4, 0.5) is 0 Å². The van der Waals surface area contributed by atoms with Crippen LogP contribution in [-0.4, -0.2) is 77.9 Å². The lowest BCUT2D eigenvalue weighted by Gasteiger charge is -2.18. The molecular formula is C17H28N4O4S. The van der Waals surface area contributed by atoms with Crippen molar-refractivity contribution in [2.24, 2.45) is 5.92 Å². The zero-order valence-electron chi connectivity index (χ0n) is 15.4. The quantitative estimate of drug-likeness (QED) is 0.714. The summed E-state index contributed by atoms with van der Waals surface area (Å²) >= 11 is 0. The molecule has 0 aromatic carbocycles. The normalized spacial score (nSPS) is 23.5. The summed E-state index contributed by atoms with van der Waals surface area (Å²) in [6.45, 7) is 0.483. The third kappa shape index (κ3) is 4.10. The third-order valence-electron chi connectivity index (χ3n) is 5.46. The van der Waals surface area contributed by atoms with Gasteiger partial charge in [0.25, 0.3) is 0 Å². The number of carbonyl (C=O) groups is 1. The summed E-state index contributed by atoms with van der Waals surface area (Å²) in [6, 6.07) is 0. The number of aromatic amines is 1. The molecule has 1 aromatic heterocycles. The summed E-state index contributed by atoms with van der Waals surface area (Å²) in [4.78, 5) is 14.1.